The second-order valence-corrected chi connectivity index (χ2v) is 3.00. The maximum atomic E-state index is 2.08. The van der Waals surface area contributed by atoms with Gasteiger partial charge in [-0.05, 0) is 28.1 Å². The average Bonchev–Trinajstić information content (AvgIpc) is 1.87. The van der Waals surface area contributed by atoms with E-state index in [1.54, 1.807) is 0 Å². The lowest BCUT2D eigenvalue weighted by atomic mass is 10.2. The van der Waals surface area contributed by atoms with Crippen LogP contribution in [0.2, 0.25) is 0 Å². The van der Waals surface area contributed by atoms with Gasteiger partial charge in [0.1, 0.15) is 0 Å². The number of benzene rings is 1. The van der Waals surface area contributed by atoms with Gasteiger partial charge in [-0.15, -0.1) is 0 Å². The first-order valence-corrected chi connectivity index (χ1v) is 3.75. The fourth-order valence-corrected chi connectivity index (χ4v) is 0.534. The first-order valence-electron chi connectivity index (χ1n) is 3.75. The Labute approximate surface area is 69.7 Å². The molecule has 1 nitrogen and oxygen atoms in total. The van der Waals surface area contributed by atoms with Crippen molar-refractivity contribution in [1.29, 1.82) is 0 Å². The molecule has 0 aliphatic heterocycles. The molecule has 1 aromatic carbocycles. The van der Waals surface area contributed by atoms with Gasteiger partial charge in [0.15, 0.2) is 0 Å². The molecule has 0 radical (unpaired) electrons. The van der Waals surface area contributed by atoms with Crippen molar-refractivity contribution in [2.24, 2.45) is 0 Å². The molecule has 0 aliphatic carbocycles. The molecule has 0 heterocycles. The summed E-state index contributed by atoms with van der Waals surface area (Å²) < 4.78 is 0. The standard InChI is InChI=1S/C7H8.C3H9N/c1-7-5-3-2-4-6-7;1-4(2)3/h2-6H,1H3;1-3H3. The highest BCUT2D eigenvalue weighted by atomic mass is 15.0. The molecule has 11 heavy (non-hydrogen) atoms. The van der Waals surface area contributed by atoms with Gasteiger partial charge in [0.25, 0.3) is 0 Å². The lowest BCUT2D eigenvalue weighted by molar-refractivity contribution is 0.505. The van der Waals surface area contributed by atoms with E-state index in [9.17, 15) is 0 Å². The van der Waals surface area contributed by atoms with Crippen LogP contribution in [-0.2, 0) is 0 Å². The normalized spacial score (nSPS) is 8.82. The molecule has 0 atom stereocenters. The molecule has 0 spiro atoms. The minimum absolute atomic E-state index is 1.32. The van der Waals surface area contributed by atoms with Crippen molar-refractivity contribution in [2.45, 2.75) is 6.92 Å². The monoisotopic (exact) mass is 151 g/mol. The molecule has 0 fully saturated rings. The molecule has 0 saturated heterocycles. The van der Waals surface area contributed by atoms with Crippen molar-refractivity contribution < 1.29 is 0 Å². The minimum Gasteiger partial charge on any atom is -0.312 e. The van der Waals surface area contributed by atoms with Crippen LogP contribution in [0.5, 0.6) is 0 Å². The van der Waals surface area contributed by atoms with Gasteiger partial charge in [-0.3, -0.25) is 0 Å². The van der Waals surface area contributed by atoms with Crippen molar-refractivity contribution in [3.63, 3.8) is 0 Å². The Morgan fingerprint density at radius 2 is 1.27 bits per heavy atom. The first-order chi connectivity index (χ1) is 5.13. The van der Waals surface area contributed by atoms with Gasteiger partial charge in [0.05, 0.1) is 0 Å². The van der Waals surface area contributed by atoms with E-state index < -0.39 is 0 Å². The minimum atomic E-state index is 1.32. The van der Waals surface area contributed by atoms with Crippen molar-refractivity contribution in [3.05, 3.63) is 35.9 Å². The van der Waals surface area contributed by atoms with Gasteiger partial charge in [-0.2, -0.15) is 0 Å². The Bertz CT molecular complexity index is 165. The summed E-state index contributed by atoms with van der Waals surface area (Å²) in [7, 11) is 6.00. The van der Waals surface area contributed by atoms with E-state index >= 15 is 0 Å². The molecular formula is C10H17N. The van der Waals surface area contributed by atoms with Crippen LogP contribution in [-0.4, -0.2) is 26.0 Å². The summed E-state index contributed by atoms with van der Waals surface area (Å²) >= 11 is 0. The van der Waals surface area contributed by atoms with Crippen LogP contribution in [0, 0.1) is 6.92 Å². The Kier molecular flexibility index (Phi) is 5.49. The average molecular weight is 151 g/mol. The SMILES string of the molecule is CN(C)C.Cc1ccccc1. The summed E-state index contributed by atoms with van der Waals surface area (Å²) in [6.45, 7) is 2.08. The predicted octanol–water partition coefficient (Wildman–Crippen LogP) is 2.17. The molecule has 0 amide bonds. The smallest absolute Gasteiger partial charge is 0.0140 e. The number of rotatable bonds is 0. The molecule has 0 aromatic heterocycles. The van der Waals surface area contributed by atoms with Gasteiger partial charge in [-0.25, -0.2) is 0 Å². The molecule has 62 valence electrons. The maximum absolute atomic E-state index is 2.08. The zero-order valence-electron chi connectivity index (χ0n) is 7.83. The summed E-state index contributed by atoms with van der Waals surface area (Å²) in [5.74, 6) is 0. The number of hydrogen-bond acceptors (Lipinski definition) is 1. The fourth-order valence-electron chi connectivity index (χ4n) is 0.534. The zero-order chi connectivity index (χ0) is 8.69. The van der Waals surface area contributed by atoms with Crippen LogP contribution < -0.4 is 0 Å². The third-order valence-corrected chi connectivity index (χ3v) is 0.940. The summed E-state index contributed by atoms with van der Waals surface area (Å²) in [5, 5.41) is 0. The molecule has 0 aliphatic rings. The van der Waals surface area contributed by atoms with E-state index in [1.165, 1.54) is 5.56 Å². The zero-order valence-corrected chi connectivity index (χ0v) is 7.83. The second kappa shape index (κ2) is 5.93. The number of nitrogens with zero attached hydrogens (tertiary/aromatic N) is 1. The van der Waals surface area contributed by atoms with Gasteiger partial charge in [0, 0.05) is 0 Å². The molecule has 0 bridgehead atoms. The Morgan fingerprint density at radius 1 is 0.909 bits per heavy atom. The van der Waals surface area contributed by atoms with Crippen LogP contribution >= 0.6 is 0 Å². The molecule has 0 unspecified atom stereocenters. The quantitative estimate of drug-likeness (QED) is 0.549. The molecule has 1 rings (SSSR count). The third kappa shape index (κ3) is 9.18. The summed E-state index contributed by atoms with van der Waals surface area (Å²) in [5.41, 5.74) is 1.32. The van der Waals surface area contributed by atoms with Crippen molar-refractivity contribution in [3.8, 4) is 0 Å². The molecule has 1 aromatic rings. The number of hydrogen-bond donors (Lipinski definition) is 0. The number of aryl methyl sites for hydroxylation is 1. The van der Waals surface area contributed by atoms with Crippen LogP contribution in [0.15, 0.2) is 30.3 Å². The summed E-state index contributed by atoms with van der Waals surface area (Å²) in [6.07, 6.45) is 0. The van der Waals surface area contributed by atoms with Crippen molar-refractivity contribution in [2.75, 3.05) is 21.1 Å². The van der Waals surface area contributed by atoms with Crippen LogP contribution in [0.25, 0.3) is 0 Å². The largest absolute Gasteiger partial charge is 0.312 e. The van der Waals surface area contributed by atoms with Crippen LogP contribution in [0.4, 0.5) is 0 Å². The van der Waals surface area contributed by atoms with E-state index in [2.05, 4.69) is 19.1 Å². The van der Waals surface area contributed by atoms with E-state index in [0.29, 0.717) is 0 Å². The first kappa shape index (κ1) is 10.2. The highest BCUT2D eigenvalue weighted by Crippen LogP contribution is 1.92. The Balaban J connectivity index is 0.000000218. The van der Waals surface area contributed by atoms with E-state index in [-0.39, 0.29) is 0 Å². The Hall–Kier alpha value is -0.820. The van der Waals surface area contributed by atoms with Crippen LogP contribution in [0.3, 0.4) is 0 Å². The molecule has 1 heteroatoms. The van der Waals surface area contributed by atoms with E-state index in [4.69, 9.17) is 0 Å². The summed E-state index contributed by atoms with van der Waals surface area (Å²) in [6, 6.07) is 10.3. The van der Waals surface area contributed by atoms with Crippen molar-refractivity contribution in [1.82, 2.24) is 4.90 Å². The molecule has 0 saturated carbocycles. The third-order valence-electron chi connectivity index (χ3n) is 0.940. The Morgan fingerprint density at radius 3 is 1.45 bits per heavy atom. The van der Waals surface area contributed by atoms with E-state index in [0.717, 1.165) is 0 Å². The molecular weight excluding hydrogens is 134 g/mol. The summed E-state index contributed by atoms with van der Waals surface area (Å²) in [4.78, 5) is 2.00. The highest BCUT2D eigenvalue weighted by Gasteiger charge is 1.72. The van der Waals surface area contributed by atoms with Crippen LogP contribution in [0.1, 0.15) is 5.56 Å². The highest BCUT2D eigenvalue weighted by molar-refractivity contribution is 5.11. The van der Waals surface area contributed by atoms with Gasteiger partial charge >= 0.3 is 0 Å². The topological polar surface area (TPSA) is 3.24 Å². The lowest BCUT2D eigenvalue weighted by Crippen LogP contribution is -1.99. The molecule has 0 N–H and O–H groups in total. The van der Waals surface area contributed by atoms with Gasteiger partial charge in [-0.1, -0.05) is 35.9 Å². The van der Waals surface area contributed by atoms with Gasteiger partial charge in [0.2, 0.25) is 0 Å². The van der Waals surface area contributed by atoms with Gasteiger partial charge < -0.3 is 4.90 Å². The predicted molar refractivity (Wildman–Crippen MR) is 50.8 cm³/mol. The second-order valence-electron chi connectivity index (χ2n) is 3.00. The van der Waals surface area contributed by atoms with Crippen molar-refractivity contribution >= 4 is 0 Å². The maximum Gasteiger partial charge on any atom is -0.0140 e. The van der Waals surface area contributed by atoms with E-state index in [1.807, 2.05) is 44.2 Å². The fraction of sp³-hybridized carbons (Fsp3) is 0.400. The lowest BCUT2D eigenvalue weighted by Gasteiger charge is -1.90.